The quantitative estimate of drug-likeness (QED) is 0.757. The highest BCUT2D eigenvalue weighted by atomic mass is 35.5. The molecule has 0 unspecified atom stereocenters. The molecule has 2 N–H and O–H groups in total. The molecule has 0 aliphatic rings. The average Bonchev–Trinajstić information content (AvgIpc) is 2.83. The Morgan fingerprint density at radius 1 is 0.895 bits per heavy atom. The zero-order valence-corrected chi connectivity index (χ0v) is 10.8. The zero-order valence-electron chi connectivity index (χ0n) is 10.0. The van der Waals surface area contributed by atoms with E-state index in [1.807, 2.05) is 54.6 Å². The van der Waals surface area contributed by atoms with Crippen LogP contribution in [0.3, 0.4) is 0 Å². The summed E-state index contributed by atoms with van der Waals surface area (Å²) in [5.74, 6) is 0.307. The molecule has 3 aromatic rings. The minimum atomic E-state index is 0.307. The van der Waals surface area contributed by atoms with Crippen molar-refractivity contribution < 1.29 is 4.52 Å². The van der Waals surface area contributed by atoms with Crippen molar-refractivity contribution in [3.05, 3.63) is 59.6 Å². The van der Waals surface area contributed by atoms with Gasteiger partial charge >= 0.3 is 0 Å². The summed E-state index contributed by atoms with van der Waals surface area (Å²) in [5.41, 5.74) is 9.32. The summed E-state index contributed by atoms with van der Waals surface area (Å²) in [4.78, 5) is 0. The molecule has 0 saturated carbocycles. The van der Waals surface area contributed by atoms with Crippen molar-refractivity contribution in [3.8, 4) is 22.4 Å². The normalized spacial score (nSPS) is 10.6. The molecule has 0 saturated heterocycles. The standard InChI is InChI=1S/C15H11ClN2O/c16-12-8-6-10(7-9-12)13-14(18-19-15(13)17)11-4-2-1-3-5-11/h1-9H,17H2. The van der Waals surface area contributed by atoms with Gasteiger partial charge in [0.1, 0.15) is 5.69 Å². The molecule has 0 radical (unpaired) electrons. The third-order valence-electron chi connectivity index (χ3n) is 2.90. The van der Waals surface area contributed by atoms with Crippen LogP contribution in [0.2, 0.25) is 5.02 Å². The summed E-state index contributed by atoms with van der Waals surface area (Å²) in [7, 11) is 0. The number of benzene rings is 2. The summed E-state index contributed by atoms with van der Waals surface area (Å²) < 4.78 is 5.13. The second-order valence-corrected chi connectivity index (χ2v) is 4.58. The molecule has 3 rings (SSSR count). The third kappa shape index (κ3) is 2.20. The van der Waals surface area contributed by atoms with Gasteiger partial charge in [0.25, 0.3) is 0 Å². The average molecular weight is 271 g/mol. The predicted molar refractivity (Wildman–Crippen MR) is 76.8 cm³/mol. The number of hydrogen-bond acceptors (Lipinski definition) is 3. The van der Waals surface area contributed by atoms with E-state index in [4.69, 9.17) is 21.9 Å². The molecule has 0 atom stereocenters. The predicted octanol–water partition coefficient (Wildman–Crippen LogP) is 4.24. The largest absolute Gasteiger partial charge is 0.367 e. The van der Waals surface area contributed by atoms with Gasteiger partial charge < -0.3 is 10.3 Å². The van der Waals surface area contributed by atoms with E-state index >= 15 is 0 Å². The van der Waals surface area contributed by atoms with Gasteiger partial charge in [-0.2, -0.15) is 0 Å². The van der Waals surface area contributed by atoms with Crippen LogP contribution in [0.15, 0.2) is 59.1 Å². The number of anilines is 1. The second-order valence-electron chi connectivity index (χ2n) is 4.14. The van der Waals surface area contributed by atoms with E-state index in [2.05, 4.69) is 5.16 Å². The number of hydrogen-bond donors (Lipinski definition) is 1. The van der Waals surface area contributed by atoms with Crippen molar-refractivity contribution in [2.45, 2.75) is 0 Å². The lowest BCUT2D eigenvalue weighted by atomic mass is 10.0. The monoisotopic (exact) mass is 270 g/mol. The highest BCUT2D eigenvalue weighted by molar-refractivity contribution is 6.30. The molecular weight excluding hydrogens is 260 g/mol. The number of nitrogens with zero attached hydrogens (tertiary/aromatic N) is 1. The number of nitrogens with two attached hydrogens (primary N) is 1. The van der Waals surface area contributed by atoms with Gasteiger partial charge in [0.05, 0.1) is 5.56 Å². The van der Waals surface area contributed by atoms with E-state index in [0.717, 1.165) is 22.4 Å². The molecule has 0 fully saturated rings. The number of rotatable bonds is 2. The maximum absolute atomic E-state index is 5.90. The Bertz CT molecular complexity index is 690. The number of nitrogen functional groups attached to an aromatic ring is 1. The molecule has 0 bridgehead atoms. The first-order valence-electron chi connectivity index (χ1n) is 5.82. The molecule has 0 spiro atoms. The van der Waals surface area contributed by atoms with Crippen molar-refractivity contribution in [2.75, 3.05) is 5.73 Å². The SMILES string of the molecule is Nc1onc(-c2ccccc2)c1-c1ccc(Cl)cc1. The summed E-state index contributed by atoms with van der Waals surface area (Å²) in [6.45, 7) is 0. The third-order valence-corrected chi connectivity index (χ3v) is 3.15. The van der Waals surface area contributed by atoms with Gasteiger partial charge in [-0.1, -0.05) is 59.2 Å². The smallest absolute Gasteiger partial charge is 0.230 e. The van der Waals surface area contributed by atoms with Gasteiger partial charge in [-0.15, -0.1) is 0 Å². The van der Waals surface area contributed by atoms with Gasteiger partial charge in [-0.3, -0.25) is 0 Å². The molecule has 2 aromatic carbocycles. The molecule has 0 aliphatic carbocycles. The van der Waals surface area contributed by atoms with Crippen LogP contribution >= 0.6 is 11.6 Å². The van der Waals surface area contributed by atoms with Crippen LogP contribution in [0.5, 0.6) is 0 Å². The van der Waals surface area contributed by atoms with E-state index < -0.39 is 0 Å². The van der Waals surface area contributed by atoms with Crippen LogP contribution in [-0.2, 0) is 0 Å². The maximum atomic E-state index is 5.90. The second kappa shape index (κ2) is 4.78. The van der Waals surface area contributed by atoms with Crippen LogP contribution in [0, 0.1) is 0 Å². The van der Waals surface area contributed by atoms with E-state index in [9.17, 15) is 0 Å². The zero-order chi connectivity index (χ0) is 13.2. The Balaban J connectivity index is 2.17. The molecule has 4 heteroatoms. The summed E-state index contributed by atoms with van der Waals surface area (Å²) >= 11 is 5.90. The first-order valence-corrected chi connectivity index (χ1v) is 6.20. The summed E-state index contributed by atoms with van der Waals surface area (Å²) in [5, 5.41) is 4.73. The van der Waals surface area contributed by atoms with Crippen LogP contribution in [0.1, 0.15) is 0 Å². The van der Waals surface area contributed by atoms with Crippen LogP contribution in [-0.4, -0.2) is 5.16 Å². The minimum absolute atomic E-state index is 0.307. The summed E-state index contributed by atoms with van der Waals surface area (Å²) in [6.07, 6.45) is 0. The van der Waals surface area contributed by atoms with Gasteiger partial charge in [-0.05, 0) is 17.7 Å². The van der Waals surface area contributed by atoms with E-state index in [-0.39, 0.29) is 0 Å². The van der Waals surface area contributed by atoms with Crippen LogP contribution in [0.4, 0.5) is 5.88 Å². The van der Waals surface area contributed by atoms with E-state index in [1.165, 1.54) is 0 Å². The molecule has 0 aliphatic heterocycles. The van der Waals surface area contributed by atoms with Gasteiger partial charge in [0, 0.05) is 10.6 Å². The summed E-state index contributed by atoms with van der Waals surface area (Å²) in [6, 6.07) is 17.2. The molecule has 19 heavy (non-hydrogen) atoms. The molecule has 0 amide bonds. The first-order chi connectivity index (χ1) is 9.25. The van der Waals surface area contributed by atoms with Crippen LogP contribution < -0.4 is 5.73 Å². The van der Waals surface area contributed by atoms with E-state index in [0.29, 0.717) is 10.9 Å². The van der Waals surface area contributed by atoms with Crippen molar-refractivity contribution in [1.29, 1.82) is 0 Å². The van der Waals surface area contributed by atoms with Crippen molar-refractivity contribution in [3.63, 3.8) is 0 Å². The molecule has 94 valence electrons. The maximum Gasteiger partial charge on any atom is 0.230 e. The minimum Gasteiger partial charge on any atom is -0.367 e. The Morgan fingerprint density at radius 2 is 1.58 bits per heavy atom. The molecule has 1 heterocycles. The lowest BCUT2D eigenvalue weighted by Crippen LogP contribution is -1.87. The lowest BCUT2D eigenvalue weighted by molar-refractivity contribution is 0.439. The topological polar surface area (TPSA) is 52.0 Å². The highest BCUT2D eigenvalue weighted by Crippen LogP contribution is 2.36. The molecule has 3 nitrogen and oxygen atoms in total. The first kappa shape index (κ1) is 11.8. The van der Waals surface area contributed by atoms with Gasteiger partial charge in [0.2, 0.25) is 5.88 Å². The van der Waals surface area contributed by atoms with Gasteiger partial charge in [0.15, 0.2) is 0 Å². The Labute approximate surface area is 115 Å². The Kier molecular flexibility index (Phi) is 2.97. The van der Waals surface area contributed by atoms with E-state index in [1.54, 1.807) is 0 Å². The van der Waals surface area contributed by atoms with Crippen molar-refractivity contribution >= 4 is 17.5 Å². The Morgan fingerprint density at radius 3 is 2.26 bits per heavy atom. The van der Waals surface area contributed by atoms with Crippen LogP contribution in [0.25, 0.3) is 22.4 Å². The number of aromatic nitrogens is 1. The molecule has 1 aromatic heterocycles. The number of halogens is 1. The molecular formula is C15H11ClN2O. The highest BCUT2D eigenvalue weighted by Gasteiger charge is 2.16. The van der Waals surface area contributed by atoms with Gasteiger partial charge in [-0.25, -0.2) is 0 Å². The fourth-order valence-corrected chi connectivity index (χ4v) is 2.12. The Hall–Kier alpha value is -2.26. The van der Waals surface area contributed by atoms with Crippen molar-refractivity contribution in [1.82, 2.24) is 5.16 Å². The fraction of sp³-hybridized carbons (Fsp3) is 0. The fourth-order valence-electron chi connectivity index (χ4n) is 1.99. The van der Waals surface area contributed by atoms with Crippen molar-refractivity contribution in [2.24, 2.45) is 0 Å². The lowest BCUT2D eigenvalue weighted by Gasteiger charge is -2.02.